The van der Waals surface area contributed by atoms with Crippen molar-refractivity contribution in [2.24, 2.45) is 0 Å². The van der Waals surface area contributed by atoms with Gasteiger partial charge in [0.25, 0.3) is 5.56 Å². The highest BCUT2D eigenvalue weighted by atomic mass is 35.5. The molecule has 3 aromatic heterocycles. The molecular formula is C25H15ClN6O2S2. The molecule has 0 radical (unpaired) electrons. The molecule has 0 unspecified atom stereocenters. The highest BCUT2D eigenvalue weighted by Gasteiger charge is 2.16. The normalized spacial score (nSPS) is 11.4. The van der Waals surface area contributed by atoms with E-state index in [1.807, 2.05) is 54.6 Å². The van der Waals surface area contributed by atoms with E-state index in [0.717, 1.165) is 10.2 Å². The Morgan fingerprint density at radius 1 is 0.972 bits per heavy atom. The summed E-state index contributed by atoms with van der Waals surface area (Å²) in [6, 6.07) is 21.9. The van der Waals surface area contributed by atoms with Gasteiger partial charge < -0.3 is 5.32 Å². The van der Waals surface area contributed by atoms with Crippen molar-refractivity contribution in [3.63, 3.8) is 0 Å². The molecule has 0 aliphatic heterocycles. The molecule has 0 atom stereocenters. The van der Waals surface area contributed by atoms with Crippen LogP contribution in [-0.4, -0.2) is 36.2 Å². The molecular weight excluding hydrogens is 516 g/mol. The minimum absolute atomic E-state index is 0.0611. The van der Waals surface area contributed by atoms with Gasteiger partial charge in [0.15, 0.2) is 21.6 Å². The van der Waals surface area contributed by atoms with Crippen LogP contribution in [0.3, 0.4) is 0 Å². The standard InChI is InChI=1S/C25H15ClN6O2S2/c26-15-10-11-18-19(12-15)36-24(27-18)29-20(33)13-35-25-28-17-9-5-4-8-16(17)22-30-23(34)21(31-32(22)25)14-6-2-1-3-7-14/h1-12H,13H2,(H,27,29,33). The number of nitrogens with one attached hydrogen (secondary N) is 1. The molecule has 0 saturated heterocycles. The van der Waals surface area contributed by atoms with E-state index in [2.05, 4.69) is 20.4 Å². The van der Waals surface area contributed by atoms with Crippen molar-refractivity contribution in [3.05, 3.63) is 88.2 Å². The van der Waals surface area contributed by atoms with Crippen LogP contribution >= 0.6 is 34.7 Å². The number of benzene rings is 3. The van der Waals surface area contributed by atoms with Crippen LogP contribution in [0.5, 0.6) is 0 Å². The largest absolute Gasteiger partial charge is 0.301 e. The molecule has 0 aliphatic carbocycles. The van der Waals surface area contributed by atoms with Gasteiger partial charge in [0, 0.05) is 16.0 Å². The first-order valence-corrected chi connectivity index (χ1v) is 13.0. The quantitative estimate of drug-likeness (QED) is 0.183. The molecule has 3 heterocycles. The Morgan fingerprint density at radius 3 is 2.64 bits per heavy atom. The minimum atomic E-state index is -0.429. The summed E-state index contributed by atoms with van der Waals surface area (Å²) in [7, 11) is 0. The van der Waals surface area contributed by atoms with Gasteiger partial charge in [-0.3, -0.25) is 9.59 Å². The van der Waals surface area contributed by atoms with E-state index in [9.17, 15) is 9.59 Å². The van der Waals surface area contributed by atoms with Gasteiger partial charge in [-0.25, -0.2) is 9.97 Å². The number of hydrogen-bond donors (Lipinski definition) is 1. The van der Waals surface area contributed by atoms with Crippen LogP contribution in [0.25, 0.3) is 38.0 Å². The van der Waals surface area contributed by atoms with E-state index in [-0.39, 0.29) is 17.4 Å². The van der Waals surface area contributed by atoms with E-state index in [0.29, 0.717) is 37.4 Å². The lowest BCUT2D eigenvalue weighted by Gasteiger charge is -2.10. The average Bonchev–Trinajstić information content (AvgIpc) is 3.28. The van der Waals surface area contributed by atoms with E-state index in [1.165, 1.54) is 27.6 Å². The molecule has 0 bridgehead atoms. The lowest BCUT2D eigenvalue weighted by molar-refractivity contribution is -0.113. The van der Waals surface area contributed by atoms with Crippen molar-refractivity contribution >= 4 is 72.5 Å². The van der Waals surface area contributed by atoms with Gasteiger partial charge in [0.2, 0.25) is 5.91 Å². The van der Waals surface area contributed by atoms with Crippen molar-refractivity contribution in [3.8, 4) is 11.3 Å². The molecule has 8 nitrogen and oxygen atoms in total. The van der Waals surface area contributed by atoms with Crippen LogP contribution in [0.4, 0.5) is 5.13 Å². The van der Waals surface area contributed by atoms with Gasteiger partial charge in [-0.1, -0.05) is 77.2 Å². The number of nitrogens with zero attached hydrogens (tertiary/aromatic N) is 5. The zero-order valence-electron chi connectivity index (χ0n) is 18.4. The maximum Gasteiger partial charge on any atom is 0.300 e. The Balaban J connectivity index is 1.35. The van der Waals surface area contributed by atoms with E-state index >= 15 is 0 Å². The van der Waals surface area contributed by atoms with Crippen LogP contribution in [0.1, 0.15) is 0 Å². The fraction of sp³-hybridized carbons (Fsp3) is 0.0400. The number of anilines is 1. The Labute approximate surface area is 217 Å². The molecule has 0 aliphatic rings. The number of rotatable bonds is 5. The van der Waals surface area contributed by atoms with Crippen LogP contribution in [-0.2, 0) is 4.79 Å². The zero-order chi connectivity index (χ0) is 24.6. The second-order valence-electron chi connectivity index (χ2n) is 7.75. The second kappa shape index (κ2) is 9.30. The number of thiazole rings is 1. The van der Waals surface area contributed by atoms with E-state index in [4.69, 9.17) is 16.6 Å². The highest BCUT2D eigenvalue weighted by Crippen LogP contribution is 2.29. The number of thioether (sulfide) groups is 1. The van der Waals surface area contributed by atoms with Crippen molar-refractivity contribution in [2.45, 2.75) is 5.16 Å². The number of fused-ring (bicyclic) bond motifs is 4. The summed E-state index contributed by atoms with van der Waals surface area (Å²) in [6.45, 7) is 0. The molecule has 0 fully saturated rings. The van der Waals surface area contributed by atoms with Crippen molar-refractivity contribution in [1.29, 1.82) is 0 Å². The van der Waals surface area contributed by atoms with Crippen molar-refractivity contribution in [1.82, 2.24) is 24.6 Å². The minimum Gasteiger partial charge on any atom is -0.301 e. The van der Waals surface area contributed by atoms with E-state index < -0.39 is 5.56 Å². The summed E-state index contributed by atoms with van der Waals surface area (Å²) in [5.41, 5.74) is 2.25. The number of halogens is 1. The Bertz CT molecular complexity index is 1840. The monoisotopic (exact) mass is 530 g/mol. The van der Waals surface area contributed by atoms with Gasteiger partial charge in [-0.2, -0.15) is 14.6 Å². The van der Waals surface area contributed by atoms with Crippen molar-refractivity contribution in [2.75, 3.05) is 11.1 Å². The molecule has 6 aromatic rings. The lowest BCUT2D eigenvalue weighted by atomic mass is 10.2. The maximum atomic E-state index is 12.9. The SMILES string of the molecule is O=C(CSc1nc2ccccc2c2nc(=O)c(-c3ccccc3)nn12)Nc1nc2ccc(Cl)cc2s1. The molecule has 1 N–H and O–H groups in total. The molecule has 0 saturated carbocycles. The summed E-state index contributed by atoms with van der Waals surface area (Å²) in [6.07, 6.45) is 0. The van der Waals surface area contributed by atoms with Gasteiger partial charge in [0.1, 0.15) is 0 Å². The fourth-order valence-corrected chi connectivity index (χ4v) is 5.62. The van der Waals surface area contributed by atoms with E-state index in [1.54, 1.807) is 18.2 Å². The number of amides is 1. The zero-order valence-corrected chi connectivity index (χ0v) is 20.8. The number of hydrogen-bond acceptors (Lipinski definition) is 8. The number of para-hydroxylation sites is 1. The van der Waals surface area contributed by atoms with Crippen LogP contribution < -0.4 is 10.9 Å². The maximum absolute atomic E-state index is 12.9. The second-order valence-corrected chi connectivity index (χ2v) is 10.2. The summed E-state index contributed by atoms with van der Waals surface area (Å²) in [4.78, 5) is 39.1. The molecule has 0 spiro atoms. The Hall–Kier alpha value is -3.86. The van der Waals surface area contributed by atoms with Gasteiger partial charge in [0.05, 0.1) is 21.5 Å². The van der Waals surface area contributed by atoms with Crippen LogP contribution in [0, 0.1) is 0 Å². The molecule has 11 heteroatoms. The lowest BCUT2D eigenvalue weighted by Crippen LogP contribution is -2.19. The third-order valence-corrected chi connectivity index (χ3v) is 7.43. The number of carbonyl (C=O) groups is 1. The molecule has 6 rings (SSSR count). The topological polar surface area (TPSA) is 102 Å². The molecule has 1 amide bonds. The smallest absolute Gasteiger partial charge is 0.300 e. The summed E-state index contributed by atoms with van der Waals surface area (Å²) in [5, 5.41) is 9.68. The van der Waals surface area contributed by atoms with Gasteiger partial charge in [-0.05, 0) is 30.3 Å². The summed E-state index contributed by atoms with van der Waals surface area (Å²) < 4.78 is 2.42. The summed E-state index contributed by atoms with van der Waals surface area (Å²) >= 11 is 8.60. The predicted molar refractivity (Wildman–Crippen MR) is 144 cm³/mol. The highest BCUT2D eigenvalue weighted by molar-refractivity contribution is 7.99. The predicted octanol–water partition coefficient (Wildman–Crippen LogP) is 5.30. The third kappa shape index (κ3) is 4.30. The van der Waals surface area contributed by atoms with Gasteiger partial charge >= 0.3 is 0 Å². The fourth-order valence-electron chi connectivity index (χ4n) is 3.71. The number of aromatic nitrogens is 5. The van der Waals surface area contributed by atoms with Crippen LogP contribution in [0.2, 0.25) is 5.02 Å². The molecule has 36 heavy (non-hydrogen) atoms. The third-order valence-electron chi connectivity index (χ3n) is 5.33. The Kier molecular flexibility index (Phi) is 5.84. The van der Waals surface area contributed by atoms with Crippen LogP contribution in [0.15, 0.2) is 82.7 Å². The summed E-state index contributed by atoms with van der Waals surface area (Å²) in [5.74, 6) is -0.184. The first-order chi connectivity index (χ1) is 17.5. The van der Waals surface area contributed by atoms with Gasteiger partial charge in [-0.15, -0.1) is 0 Å². The Morgan fingerprint density at radius 2 is 1.78 bits per heavy atom. The molecule has 176 valence electrons. The molecule has 3 aromatic carbocycles. The first-order valence-electron chi connectivity index (χ1n) is 10.8. The first kappa shape index (κ1) is 22.6. The average molecular weight is 531 g/mol. The van der Waals surface area contributed by atoms with Crippen molar-refractivity contribution < 1.29 is 4.79 Å². The number of carbonyl (C=O) groups excluding carboxylic acids is 1.